The van der Waals surface area contributed by atoms with Gasteiger partial charge in [-0.3, -0.25) is 4.79 Å². The van der Waals surface area contributed by atoms with E-state index in [0.717, 1.165) is 0 Å². The Morgan fingerprint density at radius 3 is 2.26 bits per heavy atom. The number of rotatable bonds is 1. The molecule has 2 heterocycles. The molecule has 0 spiro atoms. The van der Waals surface area contributed by atoms with Crippen LogP contribution in [0.1, 0.15) is 5.76 Å². The van der Waals surface area contributed by atoms with Crippen LogP contribution in [0.5, 0.6) is 11.5 Å². The van der Waals surface area contributed by atoms with Gasteiger partial charge in [0.05, 0.1) is 17.5 Å². The van der Waals surface area contributed by atoms with Crippen molar-refractivity contribution in [2.45, 2.75) is 6.92 Å². The summed E-state index contributed by atoms with van der Waals surface area (Å²) in [4.78, 5) is 9.86. The maximum atomic E-state index is 10.6. The second-order valence-electron chi connectivity index (χ2n) is 5.41. The minimum Gasteiger partial charge on any atom is -0.508 e. The first kappa shape index (κ1) is 13.5. The molecule has 0 amide bonds. The Hall–Kier alpha value is -3.21. The lowest BCUT2D eigenvalue weighted by molar-refractivity contribution is 0.457. The van der Waals surface area contributed by atoms with Gasteiger partial charge in [-0.1, -0.05) is 0 Å². The van der Waals surface area contributed by atoms with Gasteiger partial charge in [-0.15, -0.1) is 0 Å². The lowest BCUT2D eigenvalue weighted by Crippen LogP contribution is -2.00. The van der Waals surface area contributed by atoms with Crippen LogP contribution in [0, 0.1) is 6.92 Å². The maximum absolute atomic E-state index is 10.6. The van der Waals surface area contributed by atoms with Crippen LogP contribution < -0.4 is 5.43 Å². The van der Waals surface area contributed by atoms with Crippen LogP contribution in [-0.4, -0.2) is 15.0 Å². The lowest BCUT2D eigenvalue weighted by Gasteiger charge is -2.11. The molecule has 0 fully saturated rings. The summed E-state index contributed by atoms with van der Waals surface area (Å²) >= 11 is 0. The monoisotopic (exact) mass is 309 g/mol. The molecule has 23 heavy (non-hydrogen) atoms. The number of hydrogen-bond donors (Lipinski definition) is 2. The highest BCUT2D eigenvalue weighted by atomic mass is 16.4. The topological polar surface area (TPSA) is 88.1 Å². The third-order valence-electron chi connectivity index (χ3n) is 3.75. The molecular weight excluding hydrogens is 296 g/mol. The van der Waals surface area contributed by atoms with Crippen LogP contribution in [0.3, 0.4) is 0 Å². The van der Waals surface area contributed by atoms with Crippen LogP contribution in [0.25, 0.3) is 33.3 Å². The zero-order chi connectivity index (χ0) is 16.1. The van der Waals surface area contributed by atoms with E-state index in [1.54, 1.807) is 25.1 Å². The van der Waals surface area contributed by atoms with E-state index in [9.17, 15) is 15.0 Å². The van der Waals surface area contributed by atoms with Crippen LogP contribution in [0.15, 0.2) is 51.3 Å². The van der Waals surface area contributed by atoms with E-state index in [-0.39, 0.29) is 22.7 Å². The zero-order valence-electron chi connectivity index (χ0n) is 12.2. The minimum atomic E-state index is -0.0159. The Kier molecular flexibility index (Phi) is 2.72. The number of aromatic hydroxyl groups is 2. The van der Waals surface area contributed by atoms with Gasteiger partial charge in [-0.05, 0) is 37.3 Å². The lowest BCUT2D eigenvalue weighted by atomic mass is 10.1. The van der Waals surface area contributed by atoms with Crippen molar-refractivity contribution in [3.63, 3.8) is 0 Å². The van der Waals surface area contributed by atoms with Gasteiger partial charge < -0.3 is 19.0 Å². The summed E-state index contributed by atoms with van der Waals surface area (Å²) in [5.41, 5.74) is 1.46. The first-order valence-electron chi connectivity index (χ1n) is 7.04. The highest BCUT2D eigenvalue weighted by Crippen LogP contribution is 2.41. The third-order valence-corrected chi connectivity index (χ3v) is 3.75. The van der Waals surface area contributed by atoms with Gasteiger partial charge in [0.1, 0.15) is 22.7 Å². The SMILES string of the molecule is Cc1cc2c(O)c(-c3ccc(O)cc3)oc3cc(=[OH+])cc(o1)c32. The summed E-state index contributed by atoms with van der Waals surface area (Å²) in [7, 11) is 0. The van der Waals surface area contributed by atoms with Crippen molar-refractivity contribution in [3.05, 3.63) is 53.7 Å². The van der Waals surface area contributed by atoms with E-state index in [1.165, 1.54) is 24.3 Å². The van der Waals surface area contributed by atoms with Crippen molar-refractivity contribution in [1.29, 1.82) is 0 Å². The summed E-state index contributed by atoms with van der Waals surface area (Å²) in [6, 6.07) is 11.0. The van der Waals surface area contributed by atoms with Crippen molar-refractivity contribution in [3.8, 4) is 22.8 Å². The molecule has 0 atom stereocenters. The largest absolute Gasteiger partial charge is 0.508 e. The molecular formula is C18H13O5+. The number of hydrogen-bond acceptors (Lipinski definition) is 4. The van der Waals surface area contributed by atoms with E-state index < -0.39 is 0 Å². The molecule has 5 heteroatoms. The summed E-state index contributed by atoms with van der Waals surface area (Å²) in [6.45, 7) is 1.77. The fraction of sp³-hybridized carbons (Fsp3) is 0.0556. The second kappa shape index (κ2) is 4.64. The molecule has 0 radical (unpaired) electrons. The Bertz CT molecular complexity index is 1100. The van der Waals surface area contributed by atoms with E-state index in [2.05, 4.69) is 0 Å². The summed E-state index contributed by atoms with van der Waals surface area (Å²) in [5, 5.41) is 21.2. The zero-order valence-corrected chi connectivity index (χ0v) is 12.2. The Balaban J connectivity index is 2.17. The molecule has 0 saturated heterocycles. The van der Waals surface area contributed by atoms with Gasteiger partial charge >= 0.3 is 5.43 Å². The van der Waals surface area contributed by atoms with Crippen molar-refractivity contribution in [2.75, 3.05) is 0 Å². The number of phenols is 1. The van der Waals surface area contributed by atoms with Gasteiger partial charge in [0, 0.05) is 10.9 Å². The fourth-order valence-electron chi connectivity index (χ4n) is 2.76. The van der Waals surface area contributed by atoms with E-state index in [1.807, 2.05) is 0 Å². The van der Waals surface area contributed by atoms with Crippen molar-refractivity contribution < 1.29 is 23.8 Å². The summed E-state index contributed by atoms with van der Waals surface area (Å²) in [5.74, 6) is 0.967. The predicted molar refractivity (Wildman–Crippen MR) is 84.6 cm³/mol. The standard InChI is InChI=1S/C18H12O5/c1-9-6-13-16-14(22-9)7-12(20)8-15(16)23-18(17(13)21)10-2-4-11(19)5-3-10/h2-8,19,21H,1H3/p+1. The Morgan fingerprint density at radius 1 is 0.913 bits per heavy atom. The highest BCUT2D eigenvalue weighted by molar-refractivity contribution is 6.09. The van der Waals surface area contributed by atoms with Gasteiger partial charge in [0.25, 0.3) is 0 Å². The molecule has 0 aliphatic rings. The smallest absolute Gasteiger partial charge is 0.347 e. The van der Waals surface area contributed by atoms with Gasteiger partial charge in [-0.25, -0.2) is 0 Å². The van der Waals surface area contributed by atoms with Crippen molar-refractivity contribution in [1.82, 2.24) is 0 Å². The van der Waals surface area contributed by atoms with Crippen LogP contribution in [0.2, 0.25) is 0 Å². The van der Waals surface area contributed by atoms with E-state index >= 15 is 0 Å². The van der Waals surface area contributed by atoms with Crippen LogP contribution >= 0.6 is 0 Å². The molecule has 0 bridgehead atoms. The molecule has 0 saturated carbocycles. The van der Waals surface area contributed by atoms with Gasteiger partial charge in [-0.2, -0.15) is 0 Å². The van der Waals surface area contributed by atoms with Crippen molar-refractivity contribution >= 4 is 21.9 Å². The summed E-state index contributed by atoms with van der Waals surface area (Å²) in [6.07, 6.45) is 0. The maximum Gasteiger partial charge on any atom is 0.347 e. The van der Waals surface area contributed by atoms with Crippen LogP contribution in [0.4, 0.5) is 0 Å². The molecule has 114 valence electrons. The van der Waals surface area contributed by atoms with Crippen molar-refractivity contribution in [2.24, 2.45) is 0 Å². The normalized spacial score (nSPS) is 11.3. The predicted octanol–water partition coefficient (Wildman–Crippen LogP) is 3.57. The molecule has 4 aromatic rings. The average Bonchev–Trinajstić information content (AvgIpc) is 2.50. The minimum absolute atomic E-state index is 0.0132. The number of phenolic OH excluding ortho intramolecular Hbond substituents is 1. The molecule has 3 N–H and O–H groups in total. The van der Waals surface area contributed by atoms with E-state index in [4.69, 9.17) is 8.83 Å². The van der Waals surface area contributed by atoms with Crippen LogP contribution in [-0.2, 0) is 0 Å². The highest BCUT2D eigenvalue weighted by Gasteiger charge is 2.19. The van der Waals surface area contributed by atoms with E-state index in [0.29, 0.717) is 33.3 Å². The second-order valence-corrected chi connectivity index (χ2v) is 5.41. The Morgan fingerprint density at radius 2 is 1.57 bits per heavy atom. The molecule has 2 aromatic carbocycles. The fourth-order valence-corrected chi connectivity index (χ4v) is 2.76. The molecule has 5 nitrogen and oxygen atoms in total. The molecule has 4 rings (SSSR count). The summed E-state index contributed by atoms with van der Waals surface area (Å²) < 4.78 is 11.4. The first-order valence-corrected chi connectivity index (χ1v) is 7.04. The number of aryl methyl sites for hydroxylation is 1. The third kappa shape index (κ3) is 2.05. The quantitative estimate of drug-likeness (QED) is 0.526. The molecule has 2 aromatic heterocycles. The first-order chi connectivity index (χ1) is 11.0. The van der Waals surface area contributed by atoms with Gasteiger partial charge in [0.2, 0.25) is 0 Å². The molecule has 0 unspecified atom stereocenters. The Labute approximate surface area is 130 Å². The molecule has 0 aliphatic carbocycles. The van der Waals surface area contributed by atoms with Gasteiger partial charge in [0.15, 0.2) is 11.5 Å². The average molecular weight is 309 g/mol. The molecule has 0 aliphatic heterocycles. The number of benzene rings is 2.